The van der Waals surface area contributed by atoms with Gasteiger partial charge in [0.25, 0.3) is 0 Å². The zero-order valence-corrected chi connectivity index (χ0v) is 10.8. The summed E-state index contributed by atoms with van der Waals surface area (Å²) >= 11 is 0. The molecule has 0 aliphatic heterocycles. The predicted octanol–water partition coefficient (Wildman–Crippen LogP) is 5.70. The van der Waals surface area contributed by atoms with Crippen LogP contribution in [-0.4, -0.2) is 0 Å². The zero-order valence-electron chi connectivity index (χ0n) is 10.8. The van der Waals surface area contributed by atoms with Crippen LogP contribution in [0.3, 0.4) is 0 Å². The summed E-state index contributed by atoms with van der Waals surface area (Å²) in [4.78, 5) is 0. The van der Waals surface area contributed by atoms with Gasteiger partial charge >= 0.3 is 12.4 Å². The standard InChI is InChI=1S/C15H10F6/c1-9-3-2-4-10(5-9)11-6-12(14(16,17)18)8-13(7-11)15(19,20)21/h2-8H,1H3. The van der Waals surface area contributed by atoms with Crippen molar-refractivity contribution in [2.75, 3.05) is 0 Å². The highest BCUT2D eigenvalue weighted by molar-refractivity contribution is 5.66. The van der Waals surface area contributed by atoms with E-state index in [9.17, 15) is 26.3 Å². The second-order valence-corrected chi connectivity index (χ2v) is 4.66. The molecule has 0 atom stereocenters. The third-order valence-corrected chi connectivity index (χ3v) is 2.94. The third kappa shape index (κ3) is 3.56. The molecule has 0 fully saturated rings. The van der Waals surface area contributed by atoms with Crippen LogP contribution in [0.2, 0.25) is 0 Å². The van der Waals surface area contributed by atoms with Crippen molar-refractivity contribution in [3.05, 3.63) is 59.2 Å². The molecular formula is C15H10F6. The number of alkyl halides is 6. The molecule has 0 bridgehead atoms. The minimum absolute atomic E-state index is 0.110. The first kappa shape index (κ1) is 15.4. The fraction of sp³-hybridized carbons (Fsp3) is 0.200. The van der Waals surface area contributed by atoms with Gasteiger partial charge in [-0.3, -0.25) is 0 Å². The van der Waals surface area contributed by atoms with Crippen LogP contribution >= 0.6 is 0 Å². The van der Waals surface area contributed by atoms with Gasteiger partial charge < -0.3 is 0 Å². The molecule has 0 amide bonds. The lowest BCUT2D eigenvalue weighted by atomic mass is 9.98. The lowest BCUT2D eigenvalue weighted by molar-refractivity contribution is -0.143. The van der Waals surface area contributed by atoms with Gasteiger partial charge in [-0.05, 0) is 36.2 Å². The van der Waals surface area contributed by atoms with Crippen molar-refractivity contribution < 1.29 is 26.3 Å². The topological polar surface area (TPSA) is 0 Å². The third-order valence-electron chi connectivity index (χ3n) is 2.94. The molecule has 0 aliphatic carbocycles. The van der Waals surface area contributed by atoms with Crippen LogP contribution in [-0.2, 0) is 12.4 Å². The Bertz CT molecular complexity index is 620. The zero-order chi connectivity index (χ0) is 15.8. The van der Waals surface area contributed by atoms with Gasteiger partial charge in [0, 0.05) is 0 Å². The molecule has 2 aromatic carbocycles. The molecule has 6 heteroatoms. The monoisotopic (exact) mass is 304 g/mol. The average Bonchev–Trinajstić information content (AvgIpc) is 2.36. The SMILES string of the molecule is Cc1cccc(-c2cc(C(F)(F)F)cc(C(F)(F)F)c2)c1. The van der Waals surface area contributed by atoms with Crippen LogP contribution in [0, 0.1) is 6.92 Å². The minimum Gasteiger partial charge on any atom is -0.166 e. The number of hydrogen-bond acceptors (Lipinski definition) is 0. The number of benzene rings is 2. The van der Waals surface area contributed by atoms with E-state index in [4.69, 9.17) is 0 Å². The quantitative estimate of drug-likeness (QED) is 0.593. The molecule has 2 aromatic rings. The van der Waals surface area contributed by atoms with Crippen molar-refractivity contribution >= 4 is 0 Å². The lowest BCUT2D eigenvalue weighted by Crippen LogP contribution is -2.11. The molecule has 0 spiro atoms. The summed E-state index contributed by atoms with van der Waals surface area (Å²) in [5, 5.41) is 0. The van der Waals surface area contributed by atoms with E-state index in [1.54, 1.807) is 19.1 Å². The molecule has 0 aromatic heterocycles. The summed E-state index contributed by atoms with van der Waals surface area (Å²) in [6, 6.07) is 7.88. The molecule has 0 heterocycles. The highest BCUT2D eigenvalue weighted by Gasteiger charge is 2.36. The molecule has 0 nitrogen and oxygen atoms in total. The van der Waals surface area contributed by atoms with Crippen molar-refractivity contribution in [3.63, 3.8) is 0 Å². The van der Waals surface area contributed by atoms with Crippen LogP contribution < -0.4 is 0 Å². The molecule has 0 aliphatic rings. The number of aryl methyl sites for hydroxylation is 1. The van der Waals surface area contributed by atoms with Gasteiger partial charge in [-0.25, -0.2) is 0 Å². The molecule has 112 valence electrons. The van der Waals surface area contributed by atoms with E-state index in [2.05, 4.69) is 0 Å². The molecule has 2 rings (SSSR count). The van der Waals surface area contributed by atoms with E-state index >= 15 is 0 Å². The Labute approximate surface area is 117 Å². The van der Waals surface area contributed by atoms with Crippen LogP contribution in [0.5, 0.6) is 0 Å². The first-order valence-electron chi connectivity index (χ1n) is 5.94. The maximum atomic E-state index is 12.8. The van der Waals surface area contributed by atoms with Gasteiger partial charge in [-0.1, -0.05) is 29.8 Å². The molecule has 0 saturated carbocycles. The maximum Gasteiger partial charge on any atom is 0.416 e. The van der Waals surface area contributed by atoms with Gasteiger partial charge in [0.1, 0.15) is 0 Å². The fourth-order valence-electron chi connectivity index (χ4n) is 1.95. The van der Waals surface area contributed by atoms with Crippen molar-refractivity contribution in [2.24, 2.45) is 0 Å². The molecule has 21 heavy (non-hydrogen) atoms. The smallest absolute Gasteiger partial charge is 0.166 e. The van der Waals surface area contributed by atoms with Gasteiger partial charge in [0.2, 0.25) is 0 Å². The Balaban J connectivity index is 2.66. The first-order chi connectivity index (χ1) is 9.57. The minimum atomic E-state index is -4.83. The summed E-state index contributed by atoms with van der Waals surface area (Å²) in [6.07, 6.45) is -9.67. The molecular weight excluding hydrogens is 294 g/mol. The van der Waals surface area contributed by atoms with E-state index < -0.39 is 23.5 Å². The molecule has 0 N–H and O–H groups in total. The van der Waals surface area contributed by atoms with Crippen LogP contribution in [0.4, 0.5) is 26.3 Å². The Kier molecular flexibility index (Phi) is 3.74. The number of rotatable bonds is 1. The summed E-state index contributed by atoms with van der Waals surface area (Å²) in [5.74, 6) is 0. The highest BCUT2D eigenvalue weighted by Crippen LogP contribution is 2.38. The van der Waals surface area contributed by atoms with Crippen molar-refractivity contribution in [1.82, 2.24) is 0 Å². The summed E-state index contributed by atoms with van der Waals surface area (Å²) in [7, 11) is 0. The second-order valence-electron chi connectivity index (χ2n) is 4.66. The van der Waals surface area contributed by atoms with E-state index in [0.717, 1.165) is 17.7 Å². The Morgan fingerprint density at radius 2 is 1.19 bits per heavy atom. The Morgan fingerprint density at radius 1 is 0.667 bits per heavy atom. The Hall–Kier alpha value is -1.98. The highest BCUT2D eigenvalue weighted by atomic mass is 19.4. The molecule has 0 saturated heterocycles. The van der Waals surface area contributed by atoms with E-state index in [1.165, 1.54) is 12.1 Å². The summed E-state index contributed by atoms with van der Waals surface area (Å²) in [6.45, 7) is 1.71. The fourth-order valence-corrected chi connectivity index (χ4v) is 1.95. The normalized spacial score (nSPS) is 12.5. The van der Waals surface area contributed by atoms with E-state index in [0.29, 0.717) is 5.56 Å². The van der Waals surface area contributed by atoms with Crippen LogP contribution in [0.1, 0.15) is 16.7 Å². The summed E-state index contributed by atoms with van der Waals surface area (Å²) in [5.41, 5.74) is -1.67. The summed E-state index contributed by atoms with van der Waals surface area (Å²) < 4.78 is 76.6. The maximum absolute atomic E-state index is 12.8. The average molecular weight is 304 g/mol. The molecule has 0 unspecified atom stereocenters. The van der Waals surface area contributed by atoms with Gasteiger partial charge in [0.05, 0.1) is 11.1 Å². The van der Waals surface area contributed by atoms with E-state index in [-0.39, 0.29) is 11.6 Å². The van der Waals surface area contributed by atoms with Crippen molar-refractivity contribution in [2.45, 2.75) is 19.3 Å². The van der Waals surface area contributed by atoms with E-state index in [1.807, 2.05) is 0 Å². The second kappa shape index (κ2) is 5.09. The Morgan fingerprint density at radius 3 is 1.62 bits per heavy atom. The van der Waals surface area contributed by atoms with Crippen molar-refractivity contribution in [1.29, 1.82) is 0 Å². The van der Waals surface area contributed by atoms with Crippen LogP contribution in [0.15, 0.2) is 42.5 Å². The van der Waals surface area contributed by atoms with Crippen LogP contribution in [0.25, 0.3) is 11.1 Å². The van der Waals surface area contributed by atoms with Gasteiger partial charge in [-0.2, -0.15) is 26.3 Å². The number of hydrogen-bond donors (Lipinski definition) is 0. The molecule has 0 radical (unpaired) electrons. The lowest BCUT2D eigenvalue weighted by Gasteiger charge is -2.14. The van der Waals surface area contributed by atoms with Gasteiger partial charge in [0.15, 0.2) is 0 Å². The number of halogens is 6. The first-order valence-corrected chi connectivity index (χ1v) is 5.94. The van der Waals surface area contributed by atoms with Crippen molar-refractivity contribution in [3.8, 4) is 11.1 Å². The van der Waals surface area contributed by atoms with Gasteiger partial charge in [-0.15, -0.1) is 0 Å². The predicted molar refractivity (Wildman–Crippen MR) is 66.6 cm³/mol. The largest absolute Gasteiger partial charge is 0.416 e.